The maximum Gasteiger partial charge on any atom is 0.225 e. The van der Waals surface area contributed by atoms with Gasteiger partial charge in [-0.15, -0.1) is 0 Å². The van der Waals surface area contributed by atoms with Crippen molar-refractivity contribution < 1.29 is 0 Å². The highest BCUT2D eigenvalue weighted by Gasteiger charge is 2.23. The highest BCUT2D eigenvalue weighted by atomic mass is 79.9. The lowest BCUT2D eigenvalue weighted by Crippen LogP contribution is -2.32. The van der Waals surface area contributed by atoms with Crippen molar-refractivity contribution >= 4 is 33.5 Å². The van der Waals surface area contributed by atoms with Crippen LogP contribution in [0.5, 0.6) is 0 Å². The maximum absolute atomic E-state index is 6.28. The summed E-state index contributed by atoms with van der Waals surface area (Å²) in [5.41, 5.74) is 2.33. The second-order valence-electron chi connectivity index (χ2n) is 5.61. The van der Waals surface area contributed by atoms with Crippen LogP contribution in [0.25, 0.3) is 0 Å². The van der Waals surface area contributed by atoms with Gasteiger partial charge in [0.2, 0.25) is 5.95 Å². The van der Waals surface area contributed by atoms with Crippen LogP contribution in [0.3, 0.4) is 0 Å². The molecule has 0 unspecified atom stereocenters. The summed E-state index contributed by atoms with van der Waals surface area (Å²) in [6.07, 6.45) is 4.66. The third-order valence-corrected chi connectivity index (χ3v) is 4.63. The minimum absolute atomic E-state index is 0.435. The van der Waals surface area contributed by atoms with Crippen LogP contribution >= 0.6 is 27.5 Å². The topological polar surface area (TPSA) is 41.0 Å². The van der Waals surface area contributed by atoms with Gasteiger partial charge in [0, 0.05) is 43.1 Å². The average molecular weight is 382 g/mol. The lowest BCUT2D eigenvalue weighted by Gasteiger charge is -2.17. The molecule has 0 bridgehead atoms. The van der Waals surface area contributed by atoms with Crippen LogP contribution in [0.1, 0.15) is 17.5 Å². The monoisotopic (exact) mass is 380 g/mol. The van der Waals surface area contributed by atoms with E-state index in [9.17, 15) is 0 Å². The number of aryl methyl sites for hydroxylation is 1. The predicted octanol–water partition coefficient (Wildman–Crippen LogP) is 3.57. The van der Waals surface area contributed by atoms with Crippen molar-refractivity contribution in [3.63, 3.8) is 0 Å². The fraction of sp³-hybridized carbons (Fsp3) is 0.375. The predicted molar refractivity (Wildman–Crippen MR) is 93.4 cm³/mol. The quantitative estimate of drug-likeness (QED) is 0.879. The van der Waals surface area contributed by atoms with Crippen molar-refractivity contribution in [2.45, 2.75) is 25.9 Å². The molecule has 1 aromatic heterocycles. The largest absolute Gasteiger partial charge is 0.339 e. The first kappa shape index (κ1) is 15.7. The zero-order valence-electron chi connectivity index (χ0n) is 12.4. The van der Waals surface area contributed by atoms with Gasteiger partial charge in [-0.3, -0.25) is 0 Å². The van der Waals surface area contributed by atoms with Crippen molar-refractivity contribution in [1.29, 1.82) is 0 Å². The molecule has 116 valence electrons. The van der Waals surface area contributed by atoms with Crippen molar-refractivity contribution in [2.24, 2.45) is 0 Å². The molecule has 3 rings (SSSR count). The number of nitrogens with zero attached hydrogens (tertiary/aromatic N) is 3. The Bertz CT molecular complexity index is 647. The van der Waals surface area contributed by atoms with E-state index in [4.69, 9.17) is 11.6 Å². The van der Waals surface area contributed by atoms with E-state index in [-0.39, 0.29) is 0 Å². The molecular weight excluding hydrogens is 364 g/mol. The molecule has 1 saturated heterocycles. The molecule has 2 aromatic rings. The Kier molecular flexibility index (Phi) is 4.96. The van der Waals surface area contributed by atoms with Crippen molar-refractivity contribution in [1.82, 2.24) is 15.3 Å². The summed E-state index contributed by atoms with van der Waals surface area (Å²) in [4.78, 5) is 10.9. The Hall–Kier alpha value is -1.17. The van der Waals surface area contributed by atoms with Gasteiger partial charge in [-0.25, -0.2) is 9.97 Å². The summed E-state index contributed by atoms with van der Waals surface area (Å²) < 4.78 is 0.902. The van der Waals surface area contributed by atoms with Gasteiger partial charge >= 0.3 is 0 Å². The summed E-state index contributed by atoms with van der Waals surface area (Å²) in [5, 5.41) is 4.41. The summed E-state index contributed by atoms with van der Waals surface area (Å²) >= 11 is 9.64. The minimum atomic E-state index is 0.435. The van der Waals surface area contributed by atoms with E-state index in [1.54, 1.807) is 12.4 Å². The Morgan fingerprint density at radius 2 is 2.14 bits per heavy atom. The normalized spacial score (nSPS) is 18.0. The van der Waals surface area contributed by atoms with Crippen LogP contribution in [0.15, 0.2) is 35.1 Å². The number of aromatic nitrogens is 2. The van der Waals surface area contributed by atoms with Crippen LogP contribution < -0.4 is 10.2 Å². The van der Waals surface area contributed by atoms with E-state index >= 15 is 0 Å². The molecule has 1 aliphatic rings. The van der Waals surface area contributed by atoms with Gasteiger partial charge in [-0.05, 0) is 46.5 Å². The van der Waals surface area contributed by atoms with Gasteiger partial charge in [0.05, 0.1) is 4.47 Å². The Labute approximate surface area is 144 Å². The smallest absolute Gasteiger partial charge is 0.225 e. The first-order chi connectivity index (χ1) is 10.6. The van der Waals surface area contributed by atoms with Crippen LogP contribution in [0.4, 0.5) is 5.95 Å². The van der Waals surface area contributed by atoms with Crippen LogP contribution in [0.2, 0.25) is 5.02 Å². The Morgan fingerprint density at radius 1 is 1.36 bits per heavy atom. The molecular formula is C16H18BrClN4. The van der Waals surface area contributed by atoms with Gasteiger partial charge in [0.15, 0.2) is 0 Å². The van der Waals surface area contributed by atoms with Crippen LogP contribution in [-0.4, -0.2) is 29.1 Å². The van der Waals surface area contributed by atoms with E-state index in [0.29, 0.717) is 6.04 Å². The van der Waals surface area contributed by atoms with Crippen molar-refractivity contribution in [3.05, 3.63) is 51.2 Å². The van der Waals surface area contributed by atoms with E-state index < -0.39 is 0 Å². The lowest BCUT2D eigenvalue weighted by molar-refractivity contribution is 0.551. The molecule has 0 amide bonds. The number of anilines is 1. The third-order valence-electron chi connectivity index (χ3n) is 3.87. The molecule has 6 heteroatoms. The Balaban J connectivity index is 1.56. The van der Waals surface area contributed by atoms with Gasteiger partial charge in [-0.1, -0.05) is 23.7 Å². The molecule has 1 aromatic carbocycles. The highest BCUT2D eigenvalue weighted by molar-refractivity contribution is 9.10. The van der Waals surface area contributed by atoms with Gasteiger partial charge < -0.3 is 10.2 Å². The zero-order valence-corrected chi connectivity index (χ0v) is 14.7. The summed E-state index contributed by atoms with van der Waals surface area (Å²) in [6.45, 7) is 4.74. The SMILES string of the molecule is Cc1ccc(CN[C@H]2CCN(c3ncc(Br)cn3)C2)c(Cl)c1. The molecule has 0 spiro atoms. The van der Waals surface area contributed by atoms with Gasteiger partial charge in [-0.2, -0.15) is 0 Å². The second-order valence-corrected chi connectivity index (χ2v) is 6.93. The number of nitrogens with one attached hydrogen (secondary N) is 1. The zero-order chi connectivity index (χ0) is 15.5. The fourth-order valence-corrected chi connectivity index (χ4v) is 3.13. The van der Waals surface area contributed by atoms with Crippen LogP contribution in [-0.2, 0) is 6.54 Å². The number of hydrogen-bond donors (Lipinski definition) is 1. The lowest BCUT2D eigenvalue weighted by atomic mass is 10.1. The molecule has 0 radical (unpaired) electrons. The highest BCUT2D eigenvalue weighted by Crippen LogP contribution is 2.20. The van der Waals surface area contributed by atoms with Crippen molar-refractivity contribution in [3.8, 4) is 0 Å². The standard InChI is InChI=1S/C16H18BrClN4/c1-11-2-3-12(15(18)6-11)7-19-14-4-5-22(10-14)16-20-8-13(17)9-21-16/h2-3,6,8-9,14,19H,4-5,7,10H2,1H3/t14-/m0/s1. The van der Waals surface area contributed by atoms with Crippen LogP contribution in [0, 0.1) is 6.92 Å². The summed E-state index contributed by atoms with van der Waals surface area (Å²) in [6, 6.07) is 6.63. The number of benzene rings is 1. The van der Waals surface area contributed by atoms with E-state index in [1.807, 2.05) is 6.07 Å². The average Bonchev–Trinajstić information content (AvgIpc) is 2.96. The molecule has 1 N–H and O–H groups in total. The molecule has 1 atom stereocenters. The van der Waals surface area contributed by atoms with E-state index in [2.05, 4.69) is 55.2 Å². The van der Waals surface area contributed by atoms with Gasteiger partial charge in [0.25, 0.3) is 0 Å². The van der Waals surface area contributed by atoms with E-state index in [1.165, 1.54) is 5.56 Å². The Morgan fingerprint density at radius 3 is 2.86 bits per heavy atom. The third kappa shape index (κ3) is 3.77. The summed E-state index contributed by atoms with van der Waals surface area (Å²) in [7, 11) is 0. The molecule has 1 fully saturated rings. The number of hydrogen-bond acceptors (Lipinski definition) is 4. The van der Waals surface area contributed by atoms with Gasteiger partial charge in [0.1, 0.15) is 0 Å². The first-order valence-corrected chi connectivity index (χ1v) is 8.50. The number of halogens is 2. The first-order valence-electron chi connectivity index (χ1n) is 7.33. The molecule has 4 nitrogen and oxygen atoms in total. The molecule has 0 saturated carbocycles. The molecule has 22 heavy (non-hydrogen) atoms. The maximum atomic E-state index is 6.28. The number of rotatable bonds is 4. The fourth-order valence-electron chi connectivity index (χ4n) is 2.63. The summed E-state index contributed by atoms with van der Waals surface area (Å²) in [5.74, 6) is 0.792. The minimum Gasteiger partial charge on any atom is -0.339 e. The molecule has 0 aliphatic carbocycles. The van der Waals surface area contributed by atoms with E-state index in [0.717, 1.165) is 47.1 Å². The van der Waals surface area contributed by atoms with Crippen molar-refractivity contribution in [2.75, 3.05) is 18.0 Å². The second kappa shape index (κ2) is 6.94. The molecule has 1 aliphatic heterocycles. The molecule has 2 heterocycles.